The van der Waals surface area contributed by atoms with Crippen molar-refractivity contribution >= 4 is 33.1 Å². The molecule has 0 spiro atoms. The van der Waals surface area contributed by atoms with Crippen molar-refractivity contribution < 1.29 is 35.1 Å². The second kappa shape index (κ2) is 11.0. The Morgan fingerprint density at radius 2 is 0.804 bits per heavy atom. The molecule has 0 saturated heterocycles. The molecule has 0 aliphatic rings. The number of ketones is 2. The Bertz CT molecular complexity index is 2100. The van der Waals surface area contributed by atoms with Crippen LogP contribution in [0.3, 0.4) is 0 Å². The van der Waals surface area contributed by atoms with Crippen LogP contribution in [0.25, 0.3) is 32.7 Å². The average Bonchev–Trinajstić information content (AvgIpc) is 3.01. The Morgan fingerprint density at radius 3 is 1.24 bits per heavy atom. The molecule has 0 aliphatic carbocycles. The number of rotatable bonds is 5. The molecule has 5 N–H and O–H groups in total. The fourth-order valence-corrected chi connectivity index (χ4v) is 6.20. The van der Waals surface area contributed by atoms with Crippen molar-refractivity contribution in [2.75, 3.05) is 0 Å². The maximum Gasteiger partial charge on any atom is 0.197 e. The molecule has 46 heavy (non-hydrogen) atoms. The van der Waals surface area contributed by atoms with E-state index in [1.165, 1.54) is 6.07 Å². The molecule has 230 valence electrons. The summed E-state index contributed by atoms with van der Waals surface area (Å²) in [6, 6.07) is 19.9. The van der Waals surface area contributed by atoms with E-state index in [2.05, 4.69) is 0 Å². The van der Waals surface area contributed by atoms with Crippen LogP contribution in [0.2, 0.25) is 0 Å². The molecule has 0 unspecified atom stereocenters. The van der Waals surface area contributed by atoms with E-state index in [0.29, 0.717) is 38.6 Å². The highest BCUT2D eigenvalue weighted by molar-refractivity contribution is 6.22. The van der Waals surface area contributed by atoms with Crippen molar-refractivity contribution in [1.29, 1.82) is 0 Å². The van der Waals surface area contributed by atoms with Gasteiger partial charge in [0.2, 0.25) is 0 Å². The number of fused-ring (bicyclic) bond motifs is 2. The molecule has 6 aromatic carbocycles. The lowest BCUT2D eigenvalue weighted by atomic mass is 9.85. The first kappa shape index (κ1) is 30.2. The summed E-state index contributed by atoms with van der Waals surface area (Å²) in [7, 11) is 0. The smallest absolute Gasteiger partial charge is 0.197 e. The van der Waals surface area contributed by atoms with E-state index in [-0.39, 0.29) is 50.3 Å². The fourth-order valence-electron chi connectivity index (χ4n) is 6.20. The minimum absolute atomic E-state index is 0.0583. The number of aromatic hydroxyl groups is 5. The van der Waals surface area contributed by atoms with Crippen LogP contribution in [0.4, 0.5) is 0 Å². The molecule has 7 nitrogen and oxygen atoms in total. The van der Waals surface area contributed by atoms with Gasteiger partial charge < -0.3 is 25.5 Å². The van der Waals surface area contributed by atoms with Gasteiger partial charge in [0.1, 0.15) is 17.2 Å². The van der Waals surface area contributed by atoms with Crippen LogP contribution in [0, 0.1) is 34.6 Å². The third-order valence-corrected chi connectivity index (χ3v) is 8.68. The maximum atomic E-state index is 13.7. The molecule has 0 heterocycles. The van der Waals surface area contributed by atoms with Crippen LogP contribution >= 0.6 is 0 Å². The van der Waals surface area contributed by atoms with Crippen molar-refractivity contribution in [2.45, 2.75) is 34.6 Å². The number of phenolic OH excluding ortho intramolecular Hbond substituents is 5. The number of carbonyl (C=O) groups excluding carboxylic acids is 2. The zero-order valence-corrected chi connectivity index (χ0v) is 26.0. The second-order valence-corrected chi connectivity index (χ2v) is 12.0. The van der Waals surface area contributed by atoms with Gasteiger partial charge in [0, 0.05) is 43.8 Å². The summed E-state index contributed by atoms with van der Waals surface area (Å²) in [4.78, 5) is 27.3. The van der Waals surface area contributed by atoms with E-state index < -0.39 is 23.1 Å². The lowest BCUT2D eigenvalue weighted by Crippen LogP contribution is -2.05. The Labute approximate surface area is 265 Å². The van der Waals surface area contributed by atoms with E-state index in [1.54, 1.807) is 75.4 Å². The Morgan fingerprint density at radius 1 is 0.435 bits per heavy atom. The highest BCUT2D eigenvalue weighted by Crippen LogP contribution is 2.50. The number of phenols is 5. The first-order valence-electron chi connectivity index (χ1n) is 14.7. The number of benzene rings is 6. The average molecular weight is 613 g/mol. The van der Waals surface area contributed by atoms with Crippen LogP contribution in [0.15, 0.2) is 72.8 Å². The monoisotopic (exact) mass is 612 g/mol. The summed E-state index contributed by atoms with van der Waals surface area (Å²) < 4.78 is 0. The summed E-state index contributed by atoms with van der Waals surface area (Å²) in [6.07, 6.45) is 0. The third kappa shape index (κ3) is 4.68. The first-order valence-corrected chi connectivity index (χ1v) is 14.7. The van der Waals surface area contributed by atoms with E-state index in [9.17, 15) is 35.1 Å². The van der Waals surface area contributed by atoms with Crippen molar-refractivity contribution in [2.24, 2.45) is 0 Å². The molecule has 6 rings (SSSR count). The number of hydrogen-bond acceptors (Lipinski definition) is 7. The van der Waals surface area contributed by atoms with E-state index >= 15 is 0 Å². The molecule has 7 heteroatoms. The standard InChI is InChI=1S/C39H32O7/c1-18-6-10-23(11-7-18)35(42)32-25-14-20(3)30(37(44)27(25)16-22(5)34(32)41)31-21(4)15-26-28(38(31)45)17-29(40)39(46)33(26)36(43)24-12-8-19(2)9-13-24/h6-17,40-41,44-46H,1-5H3. The Kier molecular flexibility index (Phi) is 7.20. The summed E-state index contributed by atoms with van der Waals surface area (Å²) in [5.41, 5.74) is 4.41. The predicted molar refractivity (Wildman–Crippen MR) is 179 cm³/mol. The summed E-state index contributed by atoms with van der Waals surface area (Å²) in [6.45, 7) is 8.86. The van der Waals surface area contributed by atoms with Gasteiger partial charge in [0.15, 0.2) is 23.1 Å². The normalized spacial score (nSPS) is 11.3. The van der Waals surface area contributed by atoms with Gasteiger partial charge in [-0.1, -0.05) is 59.7 Å². The first-order chi connectivity index (χ1) is 21.8. The van der Waals surface area contributed by atoms with Crippen LogP contribution in [-0.2, 0) is 0 Å². The fraction of sp³-hybridized carbons (Fsp3) is 0.128. The van der Waals surface area contributed by atoms with Gasteiger partial charge >= 0.3 is 0 Å². The topological polar surface area (TPSA) is 135 Å². The highest BCUT2D eigenvalue weighted by atomic mass is 16.3. The summed E-state index contributed by atoms with van der Waals surface area (Å²) in [5, 5.41) is 57.1. The van der Waals surface area contributed by atoms with Gasteiger partial charge in [0.05, 0.1) is 11.1 Å². The number of aryl methyl sites for hydroxylation is 5. The van der Waals surface area contributed by atoms with Crippen LogP contribution in [-0.4, -0.2) is 37.1 Å². The zero-order chi connectivity index (χ0) is 33.2. The number of hydrogen-bond donors (Lipinski definition) is 5. The SMILES string of the molecule is Cc1ccc(C(=O)c2c(O)c(C)cc3c(O)c(-c4c(C)cc5c(C(=O)c6ccc(C)cc6)c(O)c(O)cc5c4O)c(C)cc23)cc1. The Hall–Kier alpha value is -5.82. The summed E-state index contributed by atoms with van der Waals surface area (Å²) in [5.74, 6) is -2.83. The van der Waals surface area contributed by atoms with Crippen LogP contribution < -0.4 is 0 Å². The summed E-state index contributed by atoms with van der Waals surface area (Å²) >= 11 is 0. The lowest BCUT2D eigenvalue weighted by Gasteiger charge is -2.20. The van der Waals surface area contributed by atoms with E-state index in [0.717, 1.165) is 11.1 Å². The van der Waals surface area contributed by atoms with Crippen LogP contribution in [0.5, 0.6) is 28.7 Å². The van der Waals surface area contributed by atoms with Gasteiger partial charge in [-0.3, -0.25) is 9.59 Å². The molecular formula is C39H32O7. The molecule has 0 aromatic heterocycles. The van der Waals surface area contributed by atoms with Crippen LogP contribution in [0.1, 0.15) is 59.7 Å². The van der Waals surface area contributed by atoms with Crippen molar-refractivity contribution in [3.8, 4) is 39.9 Å². The molecule has 0 atom stereocenters. The lowest BCUT2D eigenvalue weighted by molar-refractivity contribution is 0.102. The van der Waals surface area contributed by atoms with Gasteiger partial charge in [-0.25, -0.2) is 0 Å². The van der Waals surface area contributed by atoms with Gasteiger partial charge in [-0.15, -0.1) is 0 Å². The van der Waals surface area contributed by atoms with Crippen molar-refractivity contribution in [1.82, 2.24) is 0 Å². The quantitative estimate of drug-likeness (QED) is 0.0978. The van der Waals surface area contributed by atoms with Crippen molar-refractivity contribution in [3.05, 3.63) is 123 Å². The third-order valence-electron chi connectivity index (χ3n) is 8.68. The zero-order valence-electron chi connectivity index (χ0n) is 26.0. The molecular weight excluding hydrogens is 580 g/mol. The van der Waals surface area contributed by atoms with Gasteiger partial charge in [-0.2, -0.15) is 0 Å². The molecule has 0 amide bonds. The minimum atomic E-state index is -0.601. The molecule has 0 aliphatic heterocycles. The molecule has 0 fully saturated rings. The highest BCUT2D eigenvalue weighted by Gasteiger charge is 2.28. The molecule has 0 saturated carbocycles. The van der Waals surface area contributed by atoms with E-state index in [1.807, 2.05) is 26.0 Å². The Balaban J connectivity index is 1.60. The molecule has 6 aromatic rings. The van der Waals surface area contributed by atoms with Gasteiger partial charge in [0.25, 0.3) is 0 Å². The molecule has 0 radical (unpaired) electrons. The van der Waals surface area contributed by atoms with Gasteiger partial charge in [-0.05, 0) is 75.6 Å². The minimum Gasteiger partial charge on any atom is -0.507 e. The second-order valence-electron chi connectivity index (χ2n) is 12.0. The predicted octanol–water partition coefficient (Wildman–Crippen LogP) is 8.19. The van der Waals surface area contributed by atoms with Crippen molar-refractivity contribution in [3.63, 3.8) is 0 Å². The molecule has 0 bridgehead atoms. The maximum absolute atomic E-state index is 13.7. The van der Waals surface area contributed by atoms with E-state index in [4.69, 9.17) is 0 Å². The largest absolute Gasteiger partial charge is 0.507 e. The number of carbonyl (C=O) groups is 2.